The van der Waals surface area contributed by atoms with E-state index in [-0.39, 0.29) is 23.3 Å². The molecule has 0 atom stereocenters. The fourth-order valence-electron chi connectivity index (χ4n) is 3.02. The van der Waals surface area contributed by atoms with E-state index in [4.69, 9.17) is 4.74 Å². The van der Waals surface area contributed by atoms with Crippen LogP contribution in [-0.4, -0.2) is 31.6 Å². The van der Waals surface area contributed by atoms with Gasteiger partial charge in [-0.15, -0.1) is 0 Å². The quantitative estimate of drug-likeness (QED) is 0.769. The molecule has 1 aromatic carbocycles. The van der Waals surface area contributed by atoms with Crippen LogP contribution in [0.4, 0.5) is 5.69 Å². The predicted octanol–water partition coefficient (Wildman–Crippen LogP) is 2.90. The number of nitrogens with one attached hydrogen (secondary N) is 2. The summed E-state index contributed by atoms with van der Waals surface area (Å²) >= 11 is 0. The Kier molecular flexibility index (Phi) is 6.37. The van der Waals surface area contributed by atoms with Crippen molar-refractivity contribution in [3.05, 3.63) is 29.8 Å². The van der Waals surface area contributed by atoms with Crippen LogP contribution >= 0.6 is 0 Å². The number of anilines is 1. The van der Waals surface area contributed by atoms with Crippen LogP contribution in [0.25, 0.3) is 0 Å². The molecule has 0 aliphatic heterocycles. The van der Waals surface area contributed by atoms with Crippen LogP contribution in [0.1, 0.15) is 45.1 Å². The molecule has 5 nitrogen and oxygen atoms in total. The van der Waals surface area contributed by atoms with E-state index in [0.717, 1.165) is 36.9 Å². The van der Waals surface area contributed by atoms with Crippen molar-refractivity contribution < 1.29 is 14.3 Å². The molecular formula is C19H28N2O3. The molecule has 0 saturated heterocycles. The highest BCUT2D eigenvalue weighted by molar-refractivity contribution is 5.96. The van der Waals surface area contributed by atoms with E-state index in [0.29, 0.717) is 13.0 Å². The van der Waals surface area contributed by atoms with Crippen molar-refractivity contribution in [3.8, 4) is 0 Å². The molecule has 1 aromatic rings. The van der Waals surface area contributed by atoms with Gasteiger partial charge in [-0.3, -0.25) is 9.59 Å². The number of ether oxygens (including phenoxy) is 1. The molecule has 132 valence electrons. The standard InChI is InChI=1S/C19H28N2O3/c1-14(2)20-17(22)13-15-5-7-16(8-6-15)21-18(23)19(9-4-10-19)11-12-24-3/h5-8,14H,4,9-13H2,1-3H3,(H,20,22)(H,21,23). The number of rotatable bonds is 8. The summed E-state index contributed by atoms with van der Waals surface area (Å²) in [7, 11) is 1.67. The number of carbonyl (C=O) groups excluding carboxylic acids is 2. The second-order valence-electron chi connectivity index (χ2n) is 6.93. The Hall–Kier alpha value is -1.88. The lowest BCUT2D eigenvalue weighted by atomic mass is 9.66. The molecule has 1 aliphatic rings. The number of hydrogen-bond acceptors (Lipinski definition) is 3. The summed E-state index contributed by atoms with van der Waals surface area (Å²) in [6.45, 7) is 4.49. The highest BCUT2D eigenvalue weighted by Crippen LogP contribution is 2.44. The van der Waals surface area contributed by atoms with Crippen molar-refractivity contribution in [3.63, 3.8) is 0 Å². The second-order valence-corrected chi connectivity index (χ2v) is 6.93. The summed E-state index contributed by atoms with van der Waals surface area (Å²) in [6.07, 6.45) is 4.07. The van der Waals surface area contributed by atoms with Crippen LogP contribution in [0.5, 0.6) is 0 Å². The Morgan fingerprint density at radius 2 is 1.88 bits per heavy atom. The van der Waals surface area contributed by atoms with Gasteiger partial charge in [0.25, 0.3) is 0 Å². The van der Waals surface area contributed by atoms with Crippen LogP contribution in [0.2, 0.25) is 0 Å². The first-order valence-corrected chi connectivity index (χ1v) is 8.64. The Bertz CT molecular complexity index is 562. The number of hydrogen-bond donors (Lipinski definition) is 2. The van der Waals surface area contributed by atoms with Crippen LogP contribution in [-0.2, 0) is 20.7 Å². The molecule has 5 heteroatoms. The van der Waals surface area contributed by atoms with Crippen molar-refractivity contribution in [1.82, 2.24) is 5.32 Å². The minimum atomic E-state index is -0.272. The summed E-state index contributed by atoms with van der Waals surface area (Å²) in [4.78, 5) is 24.3. The summed E-state index contributed by atoms with van der Waals surface area (Å²) in [5, 5.41) is 5.88. The Labute approximate surface area is 144 Å². The molecule has 0 heterocycles. The van der Waals surface area contributed by atoms with Gasteiger partial charge in [0, 0.05) is 25.4 Å². The largest absolute Gasteiger partial charge is 0.385 e. The molecule has 1 aliphatic carbocycles. The minimum absolute atomic E-state index is 0.00905. The molecule has 2 N–H and O–H groups in total. The van der Waals surface area contributed by atoms with Crippen LogP contribution in [0, 0.1) is 5.41 Å². The molecule has 0 bridgehead atoms. The van der Waals surface area contributed by atoms with Gasteiger partial charge in [-0.05, 0) is 50.8 Å². The molecule has 24 heavy (non-hydrogen) atoms. The summed E-state index contributed by atoms with van der Waals surface area (Å²) < 4.78 is 5.14. The topological polar surface area (TPSA) is 67.4 Å². The average Bonchev–Trinajstić information content (AvgIpc) is 2.47. The fraction of sp³-hybridized carbons (Fsp3) is 0.579. The van der Waals surface area contributed by atoms with Crippen molar-refractivity contribution in [2.75, 3.05) is 19.0 Å². The Morgan fingerprint density at radius 1 is 1.21 bits per heavy atom. The fourth-order valence-corrected chi connectivity index (χ4v) is 3.02. The van der Waals surface area contributed by atoms with E-state index in [1.54, 1.807) is 7.11 Å². The third-order valence-corrected chi connectivity index (χ3v) is 4.60. The van der Waals surface area contributed by atoms with E-state index in [9.17, 15) is 9.59 Å². The first kappa shape index (κ1) is 18.5. The first-order chi connectivity index (χ1) is 11.4. The van der Waals surface area contributed by atoms with Crippen LogP contribution in [0.15, 0.2) is 24.3 Å². The highest BCUT2D eigenvalue weighted by atomic mass is 16.5. The van der Waals surface area contributed by atoms with Gasteiger partial charge in [0.1, 0.15) is 0 Å². The number of amides is 2. The Morgan fingerprint density at radius 3 is 2.38 bits per heavy atom. The van der Waals surface area contributed by atoms with Crippen molar-refractivity contribution in [2.45, 2.75) is 52.0 Å². The van der Waals surface area contributed by atoms with E-state index in [2.05, 4.69) is 10.6 Å². The normalized spacial score (nSPS) is 15.7. The van der Waals surface area contributed by atoms with Gasteiger partial charge in [0.05, 0.1) is 11.8 Å². The van der Waals surface area contributed by atoms with Crippen molar-refractivity contribution in [2.24, 2.45) is 5.41 Å². The van der Waals surface area contributed by atoms with E-state index in [1.807, 2.05) is 38.1 Å². The minimum Gasteiger partial charge on any atom is -0.385 e. The van der Waals surface area contributed by atoms with Gasteiger partial charge in [-0.1, -0.05) is 18.6 Å². The van der Waals surface area contributed by atoms with Gasteiger partial charge >= 0.3 is 0 Å². The Balaban J connectivity index is 1.91. The SMILES string of the molecule is COCCC1(C(=O)Nc2ccc(CC(=O)NC(C)C)cc2)CCC1. The summed E-state index contributed by atoms with van der Waals surface area (Å²) in [5.41, 5.74) is 1.44. The van der Waals surface area contributed by atoms with Crippen LogP contribution in [0.3, 0.4) is 0 Å². The van der Waals surface area contributed by atoms with Gasteiger partial charge in [-0.25, -0.2) is 0 Å². The summed E-state index contributed by atoms with van der Waals surface area (Å²) in [6, 6.07) is 7.63. The third-order valence-electron chi connectivity index (χ3n) is 4.60. The smallest absolute Gasteiger partial charge is 0.230 e. The molecule has 1 fully saturated rings. The average molecular weight is 332 g/mol. The van der Waals surface area contributed by atoms with Gasteiger partial charge in [0.2, 0.25) is 11.8 Å². The molecule has 2 amide bonds. The predicted molar refractivity (Wildman–Crippen MR) is 94.8 cm³/mol. The second kappa shape index (κ2) is 8.29. The summed E-state index contributed by atoms with van der Waals surface area (Å²) in [5.74, 6) is 0.0888. The molecule has 0 radical (unpaired) electrons. The zero-order chi connectivity index (χ0) is 17.6. The molecule has 0 aromatic heterocycles. The number of benzene rings is 1. The zero-order valence-electron chi connectivity index (χ0n) is 14.9. The van der Waals surface area contributed by atoms with Gasteiger partial charge in [-0.2, -0.15) is 0 Å². The third kappa shape index (κ3) is 4.81. The van der Waals surface area contributed by atoms with Crippen LogP contribution < -0.4 is 10.6 Å². The molecule has 1 saturated carbocycles. The van der Waals surface area contributed by atoms with Crippen molar-refractivity contribution >= 4 is 17.5 Å². The van der Waals surface area contributed by atoms with Crippen molar-refractivity contribution in [1.29, 1.82) is 0 Å². The maximum Gasteiger partial charge on any atom is 0.230 e. The zero-order valence-corrected chi connectivity index (χ0v) is 14.9. The lowest BCUT2D eigenvalue weighted by Crippen LogP contribution is -2.42. The molecular weight excluding hydrogens is 304 g/mol. The van der Waals surface area contributed by atoms with Gasteiger partial charge < -0.3 is 15.4 Å². The maximum absolute atomic E-state index is 12.6. The molecule has 0 unspecified atom stereocenters. The van der Waals surface area contributed by atoms with E-state index in [1.165, 1.54) is 0 Å². The first-order valence-electron chi connectivity index (χ1n) is 8.64. The van der Waals surface area contributed by atoms with Gasteiger partial charge in [0.15, 0.2) is 0 Å². The van der Waals surface area contributed by atoms with E-state index < -0.39 is 0 Å². The lowest BCUT2D eigenvalue weighted by molar-refractivity contribution is -0.131. The highest BCUT2D eigenvalue weighted by Gasteiger charge is 2.43. The molecule has 2 rings (SSSR count). The monoisotopic (exact) mass is 332 g/mol. The molecule has 0 spiro atoms. The number of carbonyl (C=O) groups is 2. The lowest BCUT2D eigenvalue weighted by Gasteiger charge is -2.40. The maximum atomic E-state index is 12.6. The van der Waals surface area contributed by atoms with E-state index >= 15 is 0 Å². The number of methoxy groups -OCH3 is 1.